The second-order valence-electron chi connectivity index (χ2n) is 5.51. The van der Waals surface area contributed by atoms with Crippen LogP contribution in [0.2, 0.25) is 0 Å². The number of benzene rings is 1. The molecule has 20 heavy (non-hydrogen) atoms. The number of aromatic nitrogens is 3. The Morgan fingerprint density at radius 3 is 2.40 bits per heavy atom. The van der Waals surface area contributed by atoms with E-state index in [1.165, 1.54) is 5.56 Å². The van der Waals surface area contributed by atoms with Crippen LogP contribution in [0.4, 0.5) is 0 Å². The summed E-state index contributed by atoms with van der Waals surface area (Å²) in [7, 11) is 0. The number of alkyl halides is 1. The summed E-state index contributed by atoms with van der Waals surface area (Å²) < 4.78 is 2.27. The van der Waals surface area contributed by atoms with Crippen molar-refractivity contribution in [2.24, 2.45) is 5.92 Å². The topological polar surface area (TPSA) is 30.7 Å². The molecule has 0 saturated carbocycles. The van der Waals surface area contributed by atoms with E-state index >= 15 is 0 Å². The fraction of sp³-hybridized carbons (Fsp3) is 0.500. The van der Waals surface area contributed by atoms with Crippen LogP contribution < -0.4 is 0 Å². The average molecular weight is 336 g/mol. The van der Waals surface area contributed by atoms with E-state index in [4.69, 9.17) is 0 Å². The number of hydrogen-bond acceptors (Lipinski definition) is 2. The number of nitrogens with zero attached hydrogens (tertiary/aromatic N) is 3. The van der Waals surface area contributed by atoms with Crippen molar-refractivity contribution in [2.45, 2.75) is 45.0 Å². The molecule has 2 rings (SSSR count). The summed E-state index contributed by atoms with van der Waals surface area (Å²) in [6.45, 7) is 5.45. The van der Waals surface area contributed by atoms with Crippen LogP contribution in [-0.4, -0.2) is 14.8 Å². The highest BCUT2D eigenvalue weighted by molar-refractivity contribution is 9.08. The van der Waals surface area contributed by atoms with Crippen LogP contribution in [0.25, 0.3) is 0 Å². The lowest BCUT2D eigenvalue weighted by atomic mass is 10.1. The van der Waals surface area contributed by atoms with Gasteiger partial charge in [-0.3, -0.25) is 0 Å². The molecule has 0 bridgehead atoms. The van der Waals surface area contributed by atoms with Crippen LogP contribution in [0.1, 0.15) is 37.5 Å². The maximum absolute atomic E-state index is 4.35. The summed E-state index contributed by atoms with van der Waals surface area (Å²) in [6.07, 6.45) is 3.20. The van der Waals surface area contributed by atoms with Gasteiger partial charge in [-0.1, -0.05) is 60.1 Å². The maximum Gasteiger partial charge on any atom is 0.143 e. The molecule has 0 amide bonds. The standard InChI is InChI=1S/C16H22BrN3/c1-13(2)12-20-15(18-19-16(20)11-17)10-6-9-14-7-4-3-5-8-14/h3-5,7-8,13H,6,9-12H2,1-2H3. The Bertz CT molecular complexity index is 520. The number of rotatable bonds is 7. The first kappa shape index (κ1) is 15.2. The van der Waals surface area contributed by atoms with Gasteiger partial charge in [0.15, 0.2) is 0 Å². The van der Waals surface area contributed by atoms with Crippen LogP contribution >= 0.6 is 15.9 Å². The SMILES string of the molecule is CC(C)Cn1c(CBr)nnc1CCCc1ccccc1. The molecule has 1 heterocycles. The van der Waals surface area contributed by atoms with Crippen LogP contribution in [0.5, 0.6) is 0 Å². The smallest absolute Gasteiger partial charge is 0.143 e. The summed E-state index contributed by atoms with van der Waals surface area (Å²) >= 11 is 3.49. The normalized spacial score (nSPS) is 11.2. The molecule has 2 aromatic rings. The zero-order chi connectivity index (χ0) is 14.4. The minimum absolute atomic E-state index is 0.608. The van der Waals surface area contributed by atoms with E-state index < -0.39 is 0 Å². The van der Waals surface area contributed by atoms with Crippen molar-refractivity contribution >= 4 is 15.9 Å². The van der Waals surface area contributed by atoms with Crippen molar-refractivity contribution in [1.82, 2.24) is 14.8 Å². The Labute approximate surface area is 129 Å². The third kappa shape index (κ3) is 4.17. The molecule has 1 aromatic heterocycles. The van der Waals surface area contributed by atoms with Crippen molar-refractivity contribution in [3.63, 3.8) is 0 Å². The Balaban J connectivity index is 1.97. The van der Waals surface area contributed by atoms with Crippen LogP contribution in [-0.2, 0) is 24.7 Å². The molecule has 0 aliphatic rings. The third-order valence-corrected chi connectivity index (χ3v) is 3.78. The summed E-state index contributed by atoms with van der Waals surface area (Å²) in [5.74, 6) is 2.76. The predicted molar refractivity (Wildman–Crippen MR) is 86.0 cm³/mol. The monoisotopic (exact) mass is 335 g/mol. The van der Waals surface area contributed by atoms with Crippen LogP contribution in [0.3, 0.4) is 0 Å². The molecule has 0 spiro atoms. The van der Waals surface area contributed by atoms with Gasteiger partial charge in [0.25, 0.3) is 0 Å². The summed E-state index contributed by atoms with van der Waals surface area (Å²) in [6, 6.07) is 10.6. The highest BCUT2D eigenvalue weighted by Crippen LogP contribution is 2.13. The molecule has 0 aliphatic carbocycles. The molecule has 0 atom stereocenters. The Hall–Kier alpha value is -1.16. The fourth-order valence-corrected chi connectivity index (χ4v) is 2.74. The lowest BCUT2D eigenvalue weighted by molar-refractivity contribution is 0.494. The molecule has 0 unspecified atom stereocenters. The lowest BCUT2D eigenvalue weighted by Crippen LogP contribution is -2.11. The second kappa shape index (κ2) is 7.58. The van der Waals surface area contributed by atoms with Gasteiger partial charge in [0.1, 0.15) is 11.6 Å². The first-order valence-corrected chi connectivity index (χ1v) is 8.33. The summed E-state index contributed by atoms with van der Waals surface area (Å²) in [5.41, 5.74) is 1.39. The van der Waals surface area contributed by atoms with Gasteiger partial charge in [0.2, 0.25) is 0 Å². The molecule has 108 valence electrons. The number of hydrogen-bond donors (Lipinski definition) is 0. The molecule has 0 N–H and O–H groups in total. The van der Waals surface area contributed by atoms with Crippen molar-refractivity contribution in [1.29, 1.82) is 0 Å². The second-order valence-corrected chi connectivity index (χ2v) is 6.07. The van der Waals surface area contributed by atoms with Gasteiger partial charge >= 0.3 is 0 Å². The largest absolute Gasteiger partial charge is 0.314 e. The van der Waals surface area contributed by atoms with Gasteiger partial charge in [-0.15, -0.1) is 10.2 Å². The third-order valence-electron chi connectivity index (χ3n) is 3.28. The van der Waals surface area contributed by atoms with E-state index in [2.05, 4.69) is 74.9 Å². The molecular weight excluding hydrogens is 314 g/mol. The van der Waals surface area contributed by atoms with Gasteiger partial charge in [0, 0.05) is 13.0 Å². The minimum Gasteiger partial charge on any atom is -0.314 e. The van der Waals surface area contributed by atoms with E-state index in [9.17, 15) is 0 Å². The molecular formula is C16H22BrN3. The van der Waals surface area contributed by atoms with Gasteiger partial charge < -0.3 is 4.57 Å². The lowest BCUT2D eigenvalue weighted by Gasteiger charge is -2.11. The van der Waals surface area contributed by atoms with Gasteiger partial charge in [-0.2, -0.15) is 0 Å². The average Bonchev–Trinajstić information content (AvgIpc) is 2.82. The van der Waals surface area contributed by atoms with E-state index in [0.717, 1.165) is 42.8 Å². The van der Waals surface area contributed by atoms with Crippen molar-refractivity contribution < 1.29 is 0 Å². The van der Waals surface area contributed by atoms with E-state index in [0.29, 0.717) is 5.92 Å². The summed E-state index contributed by atoms with van der Waals surface area (Å²) in [5, 5.41) is 9.40. The zero-order valence-corrected chi connectivity index (χ0v) is 13.8. The zero-order valence-electron chi connectivity index (χ0n) is 12.2. The Morgan fingerprint density at radius 1 is 1.05 bits per heavy atom. The predicted octanol–water partition coefficient (Wildman–Crippen LogP) is 4.00. The first-order chi connectivity index (χ1) is 9.70. The van der Waals surface area contributed by atoms with Crippen LogP contribution in [0, 0.1) is 5.92 Å². The number of aryl methyl sites for hydroxylation is 2. The van der Waals surface area contributed by atoms with E-state index in [1.54, 1.807) is 0 Å². The highest BCUT2D eigenvalue weighted by Gasteiger charge is 2.11. The minimum atomic E-state index is 0.608. The quantitative estimate of drug-likeness (QED) is 0.716. The molecule has 0 aliphatic heterocycles. The van der Waals surface area contributed by atoms with Gasteiger partial charge in [-0.25, -0.2) is 0 Å². The molecule has 4 heteroatoms. The first-order valence-electron chi connectivity index (χ1n) is 7.21. The van der Waals surface area contributed by atoms with E-state index in [1.807, 2.05) is 0 Å². The molecule has 0 radical (unpaired) electrons. The highest BCUT2D eigenvalue weighted by atomic mass is 79.9. The van der Waals surface area contributed by atoms with Crippen molar-refractivity contribution in [3.8, 4) is 0 Å². The Morgan fingerprint density at radius 2 is 1.75 bits per heavy atom. The Kier molecular flexibility index (Phi) is 5.77. The van der Waals surface area contributed by atoms with E-state index in [-0.39, 0.29) is 0 Å². The van der Waals surface area contributed by atoms with Gasteiger partial charge in [0.05, 0.1) is 5.33 Å². The molecule has 3 nitrogen and oxygen atoms in total. The van der Waals surface area contributed by atoms with Crippen LogP contribution in [0.15, 0.2) is 30.3 Å². The molecule has 0 fully saturated rings. The molecule has 1 aromatic carbocycles. The van der Waals surface area contributed by atoms with Crippen molar-refractivity contribution in [2.75, 3.05) is 0 Å². The fourth-order valence-electron chi connectivity index (χ4n) is 2.33. The summed E-state index contributed by atoms with van der Waals surface area (Å²) in [4.78, 5) is 0. The van der Waals surface area contributed by atoms with Crippen molar-refractivity contribution in [3.05, 3.63) is 47.5 Å². The molecule has 0 saturated heterocycles. The van der Waals surface area contributed by atoms with Gasteiger partial charge in [-0.05, 0) is 24.3 Å². The number of halogens is 1. The maximum atomic E-state index is 4.35.